The summed E-state index contributed by atoms with van der Waals surface area (Å²) in [5.74, 6) is 0.129. The van der Waals surface area contributed by atoms with E-state index in [4.69, 9.17) is 0 Å². The van der Waals surface area contributed by atoms with Gasteiger partial charge in [-0.1, -0.05) is 0 Å². The van der Waals surface area contributed by atoms with Crippen molar-refractivity contribution >= 4 is 37.6 Å². The Balaban J connectivity index is 1.86. The number of hydrogen-bond acceptors (Lipinski definition) is 4. The van der Waals surface area contributed by atoms with Crippen LogP contribution in [0.1, 0.15) is 26.2 Å². The van der Waals surface area contributed by atoms with E-state index in [0.717, 1.165) is 49.1 Å². The molecule has 0 aliphatic carbocycles. The van der Waals surface area contributed by atoms with Gasteiger partial charge in [-0.25, -0.2) is 0 Å². The minimum absolute atomic E-state index is 0.0691. The molecule has 6 heteroatoms. The summed E-state index contributed by atoms with van der Waals surface area (Å²) in [6.45, 7) is 3.93. The number of amides is 1. The Labute approximate surface area is 124 Å². The van der Waals surface area contributed by atoms with Crippen molar-refractivity contribution in [3.8, 4) is 0 Å². The maximum atomic E-state index is 12.7. The quantitative estimate of drug-likeness (QED) is 0.831. The molecule has 0 saturated carbocycles. The van der Waals surface area contributed by atoms with Crippen LogP contribution in [0.4, 0.5) is 5.69 Å². The van der Waals surface area contributed by atoms with Crippen molar-refractivity contribution in [1.82, 2.24) is 13.3 Å². The Morgan fingerprint density at radius 3 is 2.95 bits per heavy atom. The van der Waals surface area contributed by atoms with Gasteiger partial charge in [-0.3, -0.25) is 0 Å². The molecular formula is C14H18N4OSe. The number of carbonyl (C=O) groups excluding carboxylic acids is 1. The number of carbonyl (C=O) groups is 1. The molecule has 0 spiro atoms. The first-order valence-corrected chi connectivity index (χ1v) is 8.52. The van der Waals surface area contributed by atoms with Crippen molar-refractivity contribution in [2.75, 3.05) is 18.4 Å². The summed E-state index contributed by atoms with van der Waals surface area (Å²) >= 11 is -0.0691. The summed E-state index contributed by atoms with van der Waals surface area (Å²) in [5, 5.41) is 6.42. The summed E-state index contributed by atoms with van der Waals surface area (Å²) in [4.78, 5) is 12.7. The molecule has 0 bridgehead atoms. The number of piperidine rings is 1. The zero-order valence-corrected chi connectivity index (χ0v) is 13.2. The van der Waals surface area contributed by atoms with Gasteiger partial charge in [-0.05, 0) is 0 Å². The van der Waals surface area contributed by atoms with Gasteiger partial charge in [0.1, 0.15) is 0 Å². The molecule has 1 aliphatic heterocycles. The van der Waals surface area contributed by atoms with Gasteiger partial charge in [0, 0.05) is 0 Å². The van der Waals surface area contributed by atoms with Gasteiger partial charge in [0.25, 0.3) is 0 Å². The second kappa shape index (κ2) is 5.64. The number of fused-ring (bicyclic) bond motifs is 1. The summed E-state index contributed by atoms with van der Waals surface area (Å²) in [6, 6.07) is 5.79. The average Bonchev–Trinajstić information content (AvgIpc) is 2.97. The SMILES string of the molecule is CCC1(C(=O)Nc2cccc3n[se]nc23)CCNCC1. The van der Waals surface area contributed by atoms with Crippen LogP contribution in [0.5, 0.6) is 0 Å². The van der Waals surface area contributed by atoms with E-state index in [2.05, 4.69) is 25.5 Å². The minimum atomic E-state index is -0.241. The molecule has 1 aliphatic rings. The summed E-state index contributed by atoms with van der Waals surface area (Å²) in [6.07, 6.45) is 2.67. The zero-order valence-electron chi connectivity index (χ0n) is 11.5. The molecule has 0 radical (unpaired) electrons. The molecule has 20 heavy (non-hydrogen) atoms. The Kier molecular flexibility index (Phi) is 3.87. The Morgan fingerprint density at radius 2 is 2.20 bits per heavy atom. The van der Waals surface area contributed by atoms with Gasteiger partial charge >= 0.3 is 124 Å². The molecule has 1 saturated heterocycles. The molecule has 2 heterocycles. The molecular weight excluding hydrogens is 319 g/mol. The van der Waals surface area contributed by atoms with Crippen LogP contribution in [0.25, 0.3) is 11.0 Å². The summed E-state index contributed by atoms with van der Waals surface area (Å²) < 4.78 is 8.77. The van der Waals surface area contributed by atoms with Gasteiger partial charge in [-0.15, -0.1) is 0 Å². The number of nitrogens with zero attached hydrogens (tertiary/aromatic N) is 2. The van der Waals surface area contributed by atoms with Crippen molar-refractivity contribution in [3.05, 3.63) is 18.2 Å². The summed E-state index contributed by atoms with van der Waals surface area (Å²) in [7, 11) is 0. The first-order chi connectivity index (χ1) is 9.75. The molecule has 0 atom stereocenters. The molecule has 1 aromatic heterocycles. The van der Waals surface area contributed by atoms with Crippen LogP contribution in [0.15, 0.2) is 18.2 Å². The van der Waals surface area contributed by atoms with Gasteiger partial charge in [0.15, 0.2) is 0 Å². The van der Waals surface area contributed by atoms with Crippen LogP contribution < -0.4 is 10.6 Å². The fourth-order valence-electron chi connectivity index (χ4n) is 2.81. The summed E-state index contributed by atoms with van der Waals surface area (Å²) in [5.41, 5.74) is 2.32. The first-order valence-electron chi connectivity index (χ1n) is 6.99. The number of hydrogen-bond donors (Lipinski definition) is 2. The second-order valence-electron chi connectivity index (χ2n) is 5.28. The van der Waals surface area contributed by atoms with Crippen molar-refractivity contribution in [2.24, 2.45) is 5.41 Å². The van der Waals surface area contributed by atoms with E-state index in [0.29, 0.717) is 0 Å². The van der Waals surface area contributed by atoms with Gasteiger partial charge in [-0.2, -0.15) is 0 Å². The third kappa shape index (κ3) is 2.39. The van der Waals surface area contributed by atoms with Gasteiger partial charge in [0.05, 0.1) is 0 Å². The number of rotatable bonds is 3. The number of aromatic nitrogens is 2. The second-order valence-corrected chi connectivity index (χ2v) is 6.38. The maximum absolute atomic E-state index is 12.7. The fourth-order valence-corrected chi connectivity index (χ4v) is 3.96. The Hall–Kier alpha value is -1.23. The number of benzene rings is 1. The van der Waals surface area contributed by atoms with Crippen molar-refractivity contribution in [1.29, 1.82) is 0 Å². The van der Waals surface area contributed by atoms with E-state index in [-0.39, 0.29) is 26.3 Å². The van der Waals surface area contributed by atoms with Crippen LogP contribution in [-0.2, 0) is 4.79 Å². The third-order valence-electron chi connectivity index (χ3n) is 4.25. The van der Waals surface area contributed by atoms with Crippen LogP contribution in [0.3, 0.4) is 0 Å². The van der Waals surface area contributed by atoms with Crippen molar-refractivity contribution in [3.63, 3.8) is 0 Å². The fraction of sp³-hybridized carbons (Fsp3) is 0.500. The Morgan fingerprint density at radius 1 is 1.40 bits per heavy atom. The van der Waals surface area contributed by atoms with Gasteiger partial charge < -0.3 is 0 Å². The Bertz CT molecular complexity index is 618. The molecule has 1 fully saturated rings. The van der Waals surface area contributed by atoms with Crippen LogP contribution >= 0.6 is 0 Å². The molecule has 1 amide bonds. The average molecular weight is 337 g/mol. The van der Waals surface area contributed by atoms with E-state index >= 15 is 0 Å². The van der Waals surface area contributed by atoms with Crippen LogP contribution in [0.2, 0.25) is 0 Å². The monoisotopic (exact) mass is 338 g/mol. The van der Waals surface area contributed by atoms with E-state index in [1.807, 2.05) is 18.2 Å². The molecule has 1 aromatic carbocycles. The first kappa shape index (κ1) is 13.7. The standard InChI is InChI=1S/C14H18N4OSe/c1-2-14(6-8-15-9-7-14)13(19)16-10-4-3-5-11-12(10)18-20-17-11/h3-5,15H,2,6-9H2,1H3,(H,16,19). The molecule has 0 unspecified atom stereocenters. The van der Waals surface area contributed by atoms with Crippen molar-refractivity contribution in [2.45, 2.75) is 26.2 Å². The van der Waals surface area contributed by atoms with Gasteiger partial charge in [0.2, 0.25) is 0 Å². The molecule has 5 nitrogen and oxygen atoms in total. The van der Waals surface area contributed by atoms with E-state index in [1.165, 1.54) is 0 Å². The van der Waals surface area contributed by atoms with Crippen LogP contribution in [0, 0.1) is 5.41 Å². The topological polar surface area (TPSA) is 66.9 Å². The molecule has 3 rings (SSSR count). The van der Waals surface area contributed by atoms with E-state index < -0.39 is 0 Å². The predicted molar refractivity (Wildman–Crippen MR) is 79.9 cm³/mol. The third-order valence-corrected chi connectivity index (χ3v) is 5.39. The molecule has 106 valence electrons. The molecule has 2 N–H and O–H groups in total. The van der Waals surface area contributed by atoms with Crippen LogP contribution in [-0.4, -0.2) is 41.9 Å². The molecule has 2 aromatic rings. The number of anilines is 1. The zero-order chi connectivity index (χ0) is 14.0. The van der Waals surface area contributed by atoms with Crippen molar-refractivity contribution < 1.29 is 4.79 Å². The predicted octanol–water partition coefficient (Wildman–Crippen LogP) is 1.41. The normalized spacial score (nSPS) is 18.1. The number of nitrogens with one attached hydrogen (secondary N) is 2. The van der Waals surface area contributed by atoms with E-state index in [1.54, 1.807) is 0 Å². The van der Waals surface area contributed by atoms with E-state index in [9.17, 15) is 4.79 Å².